The highest BCUT2D eigenvalue weighted by atomic mass is 16.6. The van der Waals surface area contributed by atoms with Crippen molar-refractivity contribution >= 4 is 17.1 Å². The number of aryl methyl sites for hydroxylation is 1. The molecule has 228 valence electrons. The molecule has 2 aliphatic heterocycles. The Kier molecular flexibility index (Phi) is 8.00. The van der Waals surface area contributed by atoms with Crippen molar-refractivity contribution in [2.45, 2.75) is 57.4 Å². The number of nitrogens with one attached hydrogen (secondary N) is 1. The van der Waals surface area contributed by atoms with Gasteiger partial charge >= 0.3 is 0 Å². The van der Waals surface area contributed by atoms with Gasteiger partial charge in [0.15, 0.2) is 18.0 Å². The molecule has 0 amide bonds. The lowest BCUT2D eigenvalue weighted by molar-refractivity contribution is -0.0384. The number of aromatic nitrogens is 8. The van der Waals surface area contributed by atoms with Crippen molar-refractivity contribution in [3.63, 3.8) is 0 Å². The Hall–Kier alpha value is -4.30. The molecular formula is C31H36N10O3. The zero-order chi connectivity index (χ0) is 30.0. The number of benzene rings is 2. The van der Waals surface area contributed by atoms with Gasteiger partial charge in [-0.25, -0.2) is 9.97 Å². The van der Waals surface area contributed by atoms with Gasteiger partial charge in [0.25, 0.3) is 0 Å². The smallest absolute Gasteiger partial charge is 0.225 e. The Morgan fingerprint density at radius 1 is 1.00 bits per heavy atom. The van der Waals surface area contributed by atoms with Crippen LogP contribution in [0.15, 0.2) is 67.0 Å². The summed E-state index contributed by atoms with van der Waals surface area (Å²) in [5.74, 6) is 1.27. The first-order chi connectivity index (χ1) is 21.6. The first-order valence-electron chi connectivity index (χ1n) is 15.2. The molecule has 7 rings (SSSR count). The highest BCUT2D eigenvalue weighted by Crippen LogP contribution is 2.39. The molecule has 2 aliphatic rings. The zero-order valence-corrected chi connectivity index (χ0v) is 24.5. The number of likely N-dealkylation sites (tertiary alicyclic amines) is 1. The van der Waals surface area contributed by atoms with E-state index in [2.05, 4.69) is 60.9 Å². The second kappa shape index (κ2) is 12.4. The van der Waals surface area contributed by atoms with Gasteiger partial charge in [-0.3, -0.25) is 9.47 Å². The minimum absolute atomic E-state index is 0.210. The average molecular weight is 597 g/mol. The van der Waals surface area contributed by atoms with E-state index in [9.17, 15) is 10.2 Å². The maximum Gasteiger partial charge on any atom is 0.225 e. The Morgan fingerprint density at radius 3 is 2.57 bits per heavy atom. The summed E-state index contributed by atoms with van der Waals surface area (Å²) in [6, 6.07) is 20.4. The molecule has 13 heteroatoms. The number of anilines is 1. The predicted molar refractivity (Wildman–Crippen MR) is 162 cm³/mol. The fourth-order valence-corrected chi connectivity index (χ4v) is 6.11. The largest absolute Gasteiger partial charge is 0.387 e. The third-order valence-corrected chi connectivity index (χ3v) is 8.44. The second-order valence-corrected chi connectivity index (χ2v) is 11.4. The summed E-state index contributed by atoms with van der Waals surface area (Å²) in [7, 11) is 0. The van der Waals surface area contributed by atoms with Crippen molar-refractivity contribution in [2.24, 2.45) is 5.92 Å². The molecule has 5 aromatic rings. The maximum absolute atomic E-state index is 11.0. The Balaban J connectivity index is 1.11. The van der Waals surface area contributed by atoms with Gasteiger partial charge in [0.05, 0.1) is 12.9 Å². The van der Waals surface area contributed by atoms with Crippen molar-refractivity contribution in [1.82, 2.24) is 44.6 Å². The van der Waals surface area contributed by atoms with Gasteiger partial charge in [0, 0.05) is 25.2 Å². The van der Waals surface area contributed by atoms with Gasteiger partial charge in [-0.05, 0) is 43.0 Å². The van der Waals surface area contributed by atoms with Gasteiger partial charge in [-0.1, -0.05) is 60.7 Å². The molecule has 0 saturated carbocycles. The molecule has 0 spiro atoms. The van der Waals surface area contributed by atoms with E-state index in [0.29, 0.717) is 35.3 Å². The van der Waals surface area contributed by atoms with E-state index >= 15 is 0 Å². The summed E-state index contributed by atoms with van der Waals surface area (Å²) in [5, 5.41) is 37.6. The molecule has 5 heterocycles. The van der Waals surface area contributed by atoms with E-state index in [0.717, 1.165) is 44.6 Å². The molecule has 0 radical (unpaired) electrons. The van der Waals surface area contributed by atoms with Crippen LogP contribution in [0.2, 0.25) is 0 Å². The van der Waals surface area contributed by atoms with Gasteiger partial charge in [-0.2, -0.15) is 9.78 Å². The first kappa shape index (κ1) is 28.5. The molecule has 13 nitrogen and oxygen atoms in total. The van der Waals surface area contributed by atoms with Crippen LogP contribution in [-0.2, 0) is 17.8 Å². The van der Waals surface area contributed by atoms with E-state index in [1.165, 1.54) is 10.4 Å². The lowest BCUT2D eigenvalue weighted by atomic mass is 10.1. The van der Waals surface area contributed by atoms with Crippen LogP contribution < -0.4 is 5.32 Å². The number of imidazole rings is 1. The summed E-state index contributed by atoms with van der Waals surface area (Å²) in [6.07, 6.45) is -0.711. The third kappa shape index (κ3) is 5.66. The van der Waals surface area contributed by atoms with E-state index in [-0.39, 0.29) is 5.82 Å². The summed E-state index contributed by atoms with van der Waals surface area (Å²) in [4.78, 5) is 18.2. The quantitative estimate of drug-likeness (QED) is 0.218. The molecule has 1 unspecified atom stereocenters. The van der Waals surface area contributed by atoms with Crippen LogP contribution in [0.5, 0.6) is 0 Å². The number of rotatable bonds is 10. The molecular weight excluding hydrogens is 560 g/mol. The number of nitrogens with zero attached hydrogens (tertiary/aromatic N) is 9. The van der Waals surface area contributed by atoms with E-state index in [1.54, 1.807) is 10.9 Å². The van der Waals surface area contributed by atoms with E-state index in [1.807, 2.05) is 37.3 Å². The van der Waals surface area contributed by atoms with Gasteiger partial charge in [0.2, 0.25) is 11.8 Å². The molecule has 2 saturated heterocycles. The standard InChI is InChI=1S/C31H36N10O3/c1-2-41-37-28(36-38-41)27-25(42)26(43)30(44-27)40-19-33-24-23(22-11-7-4-8-12-22)34-31(35-29(24)40)32-15-13-21-14-16-39(18-21)17-20-9-5-3-6-10-20/h3-12,19,21,25-27,30,42-43H,2,13-18H2,1H3,(H,32,34,35)/t21?,25-,26+,27-,30+/m0/s1. The number of tetrazole rings is 1. The minimum Gasteiger partial charge on any atom is -0.387 e. The molecule has 3 N–H and O–H groups in total. The van der Waals surface area contributed by atoms with Crippen molar-refractivity contribution in [3.8, 4) is 11.3 Å². The molecule has 0 aliphatic carbocycles. The number of fused-ring (bicyclic) bond motifs is 1. The molecule has 44 heavy (non-hydrogen) atoms. The van der Waals surface area contributed by atoms with E-state index < -0.39 is 24.5 Å². The van der Waals surface area contributed by atoms with Crippen LogP contribution in [-0.4, -0.2) is 86.7 Å². The van der Waals surface area contributed by atoms with Crippen LogP contribution in [0.1, 0.15) is 43.5 Å². The normalized spacial score (nSPS) is 23.9. The first-order valence-corrected chi connectivity index (χ1v) is 15.2. The number of ether oxygens (including phenoxy) is 1. The lowest BCUT2D eigenvalue weighted by Gasteiger charge is -2.17. The fraction of sp³-hybridized carbons (Fsp3) is 0.419. The summed E-state index contributed by atoms with van der Waals surface area (Å²) in [6.45, 7) is 6.28. The van der Waals surface area contributed by atoms with Crippen LogP contribution in [0.4, 0.5) is 5.95 Å². The van der Waals surface area contributed by atoms with Gasteiger partial charge in [0.1, 0.15) is 23.4 Å². The third-order valence-electron chi connectivity index (χ3n) is 8.44. The molecule has 3 aromatic heterocycles. The Labute approximate surface area is 254 Å². The Bertz CT molecular complexity index is 1700. The summed E-state index contributed by atoms with van der Waals surface area (Å²) in [5.41, 5.74) is 3.96. The van der Waals surface area contributed by atoms with Crippen molar-refractivity contribution in [1.29, 1.82) is 0 Å². The zero-order valence-electron chi connectivity index (χ0n) is 24.5. The van der Waals surface area contributed by atoms with Crippen molar-refractivity contribution in [2.75, 3.05) is 25.0 Å². The number of aliphatic hydroxyl groups excluding tert-OH is 2. The average Bonchev–Trinajstić information content (AvgIpc) is 3.86. The molecule has 5 atom stereocenters. The predicted octanol–water partition coefficient (Wildman–Crippen LogP) is 2.82. The fourth-order valence-electron chi connectivity index (χ4n) is 6.11. The SMILES string of the molecule is CCn1nnc([C@H]2O[C@@H](n3cnc4c(-c5ccccc5)nc(NCCC5CCN(Cc6ccccc6)C5)nc43)[C@H](O)[C@@H]2O)n1. The maximum atomic E-state index is 11.0. The topological polar surface area (TPSA) is 152 Å². The lowest BCUT2D eigenvalue weighted by Crippen LogP contribution is -2.29. The molecule has 2 fully saturated rings. The minimum atomic E-state index is -1.27. The Morgan fingerprint density at radius 2 is 1.80 bits per heavy atom. The van der Waals surface area contributed by atoms with Crippen LogP contribution in [0, 0.1) is 5.92 Å². The summed E-state index contributed by atoms with van der Waals surface area (Å²) >= 11 is 0. The van der Waals surface area contributed by atoms with Gasteiger partial charge < -0.3 is 20.3 Å². The number of aliphatic hydroxyl groups is 2. The van der Waals surface area contributed by atoms with Crippen LogP contribution >= 0.6 is 0 Å². The van der Waals surface area contributed by atoms with Gasteiger partial charge in [-0.15, -0.1) is 10.2 Å². The second-order valence-electron chi connectivity index (χ2n) is 11.4. The highest BCUT2D eigenvalue weighted by molar-refractivity contribution is 5.88. The highest BCUT2D eigenvalue weighted by Gasteiger charge is 2.47. The number of hydrogen-bond donors (Lipinski definition) is 3. The van der Waals surface area contributed by atoms with Crippen LogP contribution in [0.3, 0.4) is 0 Å². The van der Waals surface area contributed by atoms with Crippen molar-refractivity contribution in [3.05, 3.63) is 78.4 Å². The van der Waals surface area contributed by atoms with Crippen molar-refractivity contribution < 1.29 is 14.9 Å². The number of hydrogen-bond acceptors (Lipinski definition) is 11. The summed E-state index contributed by atoms with van der Waals surface area (Å²) < 4.78 is 7.77. The molecule has 2 aromatic carbocycles. The van der Waals surface area contributed by atoms with E-state index in [4.69, 9.17) is 14.7 Å². The van der Waals surface area contributed by atoms with Crippen LogP contribution in [0.25, 0.3) is 22.4 Å². The molecule has 0 bridgehead atoms. The monoisotopic (exact) mass is 596 g/mol.